The van der Waals surface area contributed by atoms with E-state index >= 15 is 0 Å². The van der Waals surface area contributed by atoms with Gasteiger partial charge in [0, 0.05) is 32.3 Å². The summed E-state index contributed by atoms with van der Waals surface area (Å²) in [6.45, 7) is 1.74. The zero-order chi connectivity index (χ0) is 19.3. The Morgan fingerprint density at radius 2 is 1.92 bits per heavy atom. The van der Waals surface area contributed by atoms with E-state index in [1.165, 1.54) is 18.2 Å². The van der Waals surface area contributed by atoms with Crippen LogP contribution in [0.15, 0.2) is 49.5 Å². The third kappa shape index (κ3) is 5.33. The topological polar surface area (TPSA) is 117 Å². The number of nitrogens with one attached hydrogen (secondary N) is 1. The van der Waals surface area contributed by atoms with Gasteiger partial charge in [-0.2, -0.15) is 5.11 Å². The van der Waals surface area contributed by atoms with Gasteiger partial charge in [0.2, 0.25) is 0 Å². The molecule has 8 nitrogen and oxygen atoms in total. The van der Waals surface area contributed by atoms with Gasteiger partial charge in [0.15, 0.2) is 0 Å². The number of phenols is 1. The van der Waals surface area contributed by atoms with E-state index in [0.717, 1.165) is 20.2 Å². The summed E-state index contributed by atoms with van der Waals surface area (Å²) in [6.07, 6.45) is 0. The maximum Gasteiger partial charge on any atom is 0.283 e. The predicted octanol–water partition coefficient (Wildman–Crippen LogP) is 4.72. The van der Waals surface area contributed by atoms with Crippen LogP contribution < -0.4 is 5.32 Å². The second-order valence-electron chi connectivity index (χ2n) is 5.28. The monoisotopic (exact) mass is 484 g/mol. The van der Waals surface area contributed by atoms with Crippen molar-refractivity contribution in [2.75, 3.05) is 11.9 Å². The van der Waals surface area contributed by atoms with E-state index in [2.05, 4.69) is 47.4 Å². The first-order valence-corrected chi connectivity index (χ1v) is 8.92. The SMILES string of the molecule is Cc1c(Br)cc(NCC(=O)N=NCc2cc([N+](=O)[O-])ccc2O)cc1Br. The minimum Gasteiger partial charge on any atom is -0.508 e. The molecule has 0 saturated heterocycles. The molecular weight excluding hydrogens is 472 g/mol. The van der Waals surface area contributed by atoms with Gasteiger partial charge in [0.25, 0.3) is 11.6 Å². The maximum absolute atomic E-state index is 11.8. The third-order valence-corrected chi connectivity index (χ3v) is 5.07. The summed E-state index contributed by atoms with van der Waals surface area (Å²) in [5.74, 6) is -0.655. The Labute approximate surface area is 165 Å². The number of nitro groups is 1. The van der Waals surface area contributed by atoms with Gasteiger partial charge in [-0.1, -0.05) is 31.9 Å². The Kier molecular flexibility index (Phi) is 6.81. The van der Waals surface area contributed by atoms with Crippen LogP contribution in [0.1, 0.15) is 11.1 Å². The average molecular weight is 486 g/mol. The van der Waals surface area contributed by atoms with E-state index in [9.17, 15) is 20.0 Å². The van der Waals surface area contributed by atoms with Gasteiger partial charge in [0.1, 0.15) is 5.75 Å². The molecule has 0 aliphatic carbocycles. The lowest BCUT2D eigenvalue weighted by Gasteiger charge is -2.08. The highest BCUT2D eigenvalue weighted by Crippen LogP contribution is 2.28. The van der Waals surface area contributed by atoms with Crippen molar-refractivity contribution in [1.82, 2.24) is 0 Å². The Morgan fingerprint density at radius 3 is 2.54 bits per heavy atom. The Hall–Kier alpha value is -2.33. The lowest BCUT2D eigenvalue weighted by molar-refractivity contribution is -0.384. The van der Waals surface area contributed by atoms with Gasteiger partial charge >= 0.3 is 0 Å². The van der Waals surface area contributed by atoms with E-state index in [1.54, 1.807) is 0 Å². The molecule has 2 aromatic carbocycles. The Bertz CT molecular complexity index is 864. The van der Waals surface area contributed by atoms with Gasteiger partial charge in [0.05, 0.1) is 18.0 Å². The highest BCUT2D eigenvalue weighted by molar-refractivity contribution is 9.11. The van der Waals surface area contributed by atoms with E-state index in [-0.39, 0.29) is 30.1 Å². The highest BCUT2D eigenvalue weighted by Gasteiger charge is 2.10. The second kappa shape index (κ2) is 8.86. The molecule has 0 aliphatic heterocycles. The van der Waals surface area contributed by atoms with Crippen LogP contribution in [0, 0.1) is 17.0 Å². The van der Waals surface area contributed by atoms with Gasteiger partial charge in [-0.25, -0.2) is 0 Å². The van der Waals surface area contributed by atoms with Crippen LogP contribution in [0.25, 0.3) is 0 Å². The summed E-state index contributed by atoms with van der Waals surface area (Å²) in [5, 5.41) is 30.6. The number of amides is 1. The molecule has 0 atom stereocenters. The van der Waals surface area contributed by atoms with Crippen molar-refractivity contribution < 1.29 is 14.8 Å². The van der Waals surface area contributed by atoms with Gasteiger partial charge in [-0.05, 0) is 30.7 Å². The van der Waals surface area contributed by atoms with Crippen LogP contribution in [0.3, 0.4) is 0 Å². The lowest BCUT2D eigenvalue weighted by atomic mass is 10.2. The molecule has 26 heavy (non-hydrogen) atoms. The fraction of sp³-hybridized carbons (Fsp3) is 0.188. The van der Waals surface area contributed by atoms with Crippen molar-refractivity contribution in [3.63, 3.8) is 0 Å². The first-order chi connectivity index (χ1) is 12.3. The van der Waals surface area contributed by atoms with E-state index in [0.29, 0.717) is 0 Å². The molecule has 10 heteroatoms. The summed E-state index contributed by atoms with van der Waals surface area (Å²) < 4.78 is 1.79. The quantitative estimate of drug-likeness (QED) is 0.348. The van der Waals surface area contributed by atoms with E-state index in [4.69, 9.17) is 0 Å². The summed E-state index contributed by atoms with van der Waals surface area (Å²) in [4.78, 5) is 21.9. The van der Waals surface area contributed by atoms with Crippen molar-refractivity contribution in [2.24, 2.45) is 10.2 Å². The van der Waals surface area contributed by atoms with Crippen molar-refractivity contribution in [3.05, 3.63) is 60.5 Å². The minimum atomic E-state index is -0.576. The van der Waals surface area contributed by atoms with Gasteiger partial charge in [-0.3, -0.25) is 14.9 Å². The minimum absolute atomic E-state index is 0.0631. The van der Waals surface area contributed by atoms with Crippen molar-refractivity contribution >= 4 is 49.1 Å². The first kappa shape index (κ1) is 20.0. The number of hydrogen-bond donors (Lipinski definition) is 2. The second-order valence-corrected chi connectivity index (χ2v) is 6.99. The van der Waals surface area contributed by atoms with Crippen LogP contribution in [0.4, 0.5) is 11.4 Å². The molecule has 0 spiro atoms. The molecule has 0 aliphatic rings. The highest BCUT2D eigenvalue weighted by atomic mass is 79.9. The van der Waals surface area contributed by atoms with Crippen LogP contribution in [0.5, 0.6) is 5.75 Å². The molecule has 2 aromatic rings. The summed E-state index contributed by atoms with van der Waals surface area (Å²) in [6, 6.07) is 7.26. The smallest absolute Gasteiger partial charge is 0.283 e. The number of nitrogens with zero attached hydrogens (tertiary/aromatic N) is 3. The summed E-state index contributed by atoms with van der Waals surface area (Å²) in [5.41, 5.74) is 1.82. The van der Waals surface area contributed by atoms with Crippen LogP contribution in [-0.4, -0.2) is 22.5 Å². The number of benzene rings is 2. The lowest BCUT2D eigenvalue weighted by Crippen LogP contribution is -2.11. The largest absolute Gasteiger partial charge is 0.508 e. The number of nitro benzene ring substituents is 1. The average Bonchev–Trinajstić information content (AvgIpc) is 2.59. The molecular formula is C16H14Br2N4O4. The number of halogens is 2. The number of non-ortho nitro benzene ring substituents is 1. The number of rotatable bonds is 6. The number of phenolic OH excluding ortho intramolecular Hbond substituents is 1. The van der Waals surface area contributed by atoms with E-state index < -0.39 is 10.8 Å². The first-order valence-electron chi connectivity index (χ1n) is 7.34. The fourth-order valence-corrected chi connectivity index (χ4v) is 3.15. The van der Waals surface area contributed by atoms with Gasteiger partial charge < -0.3 is 10.4 Å². The Balaban J connectivity index is 1.94. The molecule has 0 unspecified atom stereocenters. The van der Waals surface area contributed by atoms with Crippen molar-refractivity contribution in [1.29, 1.82) is 0 Å². The van der Waals surface area contributed by atoms with Crippen LogP contribution in [-0.2, 0) is 11.3 Å². The number of hydrogen-bond acceptors (Lipinski definition) is 6. The standard InChI is InChI=1S/C16H14Br2N4O4/c1-9-13(17)5-11(6-14(9)18)19-8-16(24)21-20-7-10-4-12(22(25)26)2-3-15(10)23/h2-6,19,23H,7-8H2,1H3. The third-order valence-electron chi connectivity index (χ3n) is 3.42. The Morgan fingerprint density at radius 1 is 1.27 bits per heavy atom. The zero-order valence-corrected chi connectivity index (χ0v) is 16.7. The number of anilines is 1. The zero-order valence-electron chi connectivity index (χ0n) is 13.6. The molecule has 0 aromatic heterocycles. The molecule has 1 amide bonds. The maximum atomic E-state index is 11.8. The summed E-state index contributed by atoms with van der Waals surface area (Å²) in [7, 11) is 0. The number of aromatic hydroxyl groups is 1. The molecule has 136 valence electrons. The predicted molar refractivity (Wildman–Crippen MR) is 103 cm³/mol. The summed E-state index contributed by atoms with van der Waals surface area (Å²) >= 11 is 6.85. The number of carbonyl (C=O) groups is 1. The number of azo groups is 1. The fourth-order valence-electron chi connectivity index (χ4n) is 1.96. The van der Waals surface area contributed by atoms with Crippen LogP contribution >= 0.6 is 31.9 Å². The molecule has 0 saturated carbocycles. The van der Waals surface area contributed by atoms with Gasteiger partial charge in [-0.15, -0.1) is 5.11 Å². The molecule has 2 N–H and O–H groups in total. The molecule has 0 radical (unpaired) electrons. The van der Waals surface area contributed by atoms with E-state index in [1.807, 2.05) is 19.1 Å². The number of carbonyl (C=O) groups excluding carboxylic acids is 1. The molecule has 2 rings (SSSR count). The normalized spacial score (nSPS) is 10.9. The van der Waals surface area contributed by atoms with Crippen molar-refractivity contribution in [3.8, 4) is 5.75 Å². The van der Waals surface area contributed by atoms with Crippen molar-refractivity contribution in [2.45, 2.75) is 13.5 Å². The molecule has 0 fully saturated rings. The molecule has 0 heterocycles. The van der Waals surface area contributed by atoms with Crippen LogP contribution in [0.2, 0.25) is 0 Å². The molecule has 0 bridgehead atoms.